The van der Waals surface area contributed by atoms with Crippen molar-refractivity contribution >= 4 is 64.6 Å². The van der Waals surface area contributed by atoms with Gasteiger partial charge in [0.1, 0.15) is 47.3 Å². The van der Waals surface area contributed by atoms with E-state index in [1.807, 2.05) is 6.92 Å². The fourth-order valence-electron chi connectivity index (χ4n) is 13.5. The van der Waals surface area contributed by atoms with Gasteiger partial charge in [-0.2, -0.15) is 0 Å². The van der Waals surface area contributed by atoms with E-state index in [9.17, 15) is 58.5 Å². The van der Waals surface area contributed by atoms with Gasteiger partial charge in [-0.3, -0.25) is 48.2 Å². The van der Waals surface area contributed by atoms with E-state index in [1.54, 1.807) is 14.0 Å². The predicted octanol–water partition coefficient (Wildman–Crippen LogP) is 1.68. The monoisotopic (exact) mass is 1290 g/mol. The molecule has 6 fully saturated rings. The number of benzene rings is 2. The highest BCUT2D eigenvalue weighted by Crippen LogP contribution is 2.53. The molecule has 10 atom stereocenters. The zero-order valence-electron chi connectivity index (χ0n) is 51.1. The Bertz CT molecular complexity index is 3320. The number of likely N-dealkylation sites (N-methyl/N-ethyl adjacent to an activating group) is 1. The third-order valence-electron chi connectivity index (χ3n) is 18.3. The second kappa shape index (κ2) is 27.8. The number of amides is 5. The van der Waals surface area contributed by atoms with Crippen molar-refractivity contribution in [1.29, 1.82) is 0 Å². The zero-order chi connectivity index (χ0) is 64.6. The number of hydroxylamine groups is 2. The number of imide groups is 2. The minimum atomic E-state index is -2.31. The van der Waals surface area contributed by atoms with Crippen LogP contribution in [0.25, 0.3) is 0 Å². The first-order valence-corrected chi connectivity index (χ1v) is 31.7. The average molecular weight is 1290 g/mol. The van der Waals surface area contributed by atoms with Gasteiger partial charge in [-0.25, -0.2) is 9.48 Å². The number of Topliss-reactive ketones (excluding diaryl/α,β-unsaturated/α-hetero) is 1. The van der Waals surface area contributed by atoms with Crippen LogP contribution in [0, 0.1) is 11.8 Å². The number of ketones is 3. The van der Waals surface area contributed by atoms with Crippen LogP contribution < -0.4 is 4.74 Å². The number of aromatic hydroxyl groups is 2. The van der Waals surface area contributed by atoms with Gasteiger partial charge in [0.05, 0.1) is 93.0 Å². The highest BCUT2D eigenvalue weighted by molar-refractivity contribution is 8.00. The number of carbonyl (C=O) groups is 9. The van der Waals surface area contributed by atoms with Gasteiger partial charge in [-0.1, -0.05) is 17.3 Å². The maximum Gasteiger partial charge on any atom is 0.336 e. The van der Waals surface area contributed by atoms with Crippen LogP contribution in [0.2, 0.25) is 0 Å². The number of aromatic nitrogens is 3. The second-order valence-corrected chi connectivity index (χ2v) is 25.4. The lowest BCUT2D eigenvalue weighted by molar-refractivity contribution is -0.256. The molecule has 0 spiro atoms. The van der Waals surface area contributed by atoms with E-state index in [-0.39, 0.29) is 129 Å². The Labute approximate surface area is 527 Å². The summed E-state index contributed by atoms with van der Waals surface area (Å²) >= 11 is 1.33. The Kier molecular flexibility index (Phi) is 20.0. The molecule has 91 heavy (non-hydrogen) atoms. The maximum absolute atomic E-state index is 14.5. The molecule has 5 saturated heterocycles. The first-order chi connectivity index (χ1) is 43.7. The smallest absolute Gasteiger partial charge is 0.336 e. The van der Waals surface area contributed by atoms with E-state index in [1.165, 1.54) is 64.9 Å². The van der Waals surface area contributed by atoms with Crippen molar-refractivity contribution in [2.45, 2.75) is 151 Å². The van der Waals surface area contributed by atoms with Crippen LogP contribution in [0.1, 0.15) is 126 Å². The molecule has 2 aromatic carbocycles. The molecule has 3 aliphatic carbocycles. The number of hydrogen-bond donors (Lipinski definition) is 3. The van der Waals surface area contributed by atoms with Crippen molar-refractivity contribution in [3.63, 3.8) is 0 Å². The molecule has 3 N–H and O–H groups in total. The number of phenols is 2. The van der Waals surface area contributed by atoms with Crippen molar-refractivity contribution < 1.29 is 106 Å². The van der Waals surface area contributed by atoms with E-state index in [0.29, 0.717) is 55.3 Å². The van der Waals surface area contributed by atoms with Crippen LogP contribution >= 0.6 is 11.8 Å². The number of carbonyl (C=O) groups excluding carboxylic acids is 9. The van der Waals surface area contributed by atoms with Gasteiger partial charge in [0, 0.05) is 101 Å². The fraction of sp³-hybridized carbons (Fsp3) is 0.623. The van der Waals surface area contributed by atoms with Crippen LogP contribution in [0.3, 0.4) is 0 Å². The molecular formula is C61H75N7O22S. The summed E-state index contributed by atoms with van der Waals surface area (Å²) in [5, 5.41) is 45.1. The minimum Gasteiger partial charge on any atom is -0.507 e. The molecule has 1 saturated carbocycles. The number of morpholine rings is 1. The standard InChI is InChI=1S/C61H75N7O22S/c1-31-55-38(66-16-18-86-60(82-5)58(66)89-55)23-46(87-31)88-40-26-61(80,25-37-48(40)54(76)50-49(52(37)74)51(73)36-7-6-8-39(81-4)47(36)53(50)75)42(69)29-65-28-35(62-63-65)30-84-17-15-64(3)56(77)32(2)85-20-19-83-21-22-91-41-24-45(72)67(57(41)78)27-33-9-11-34(12-10-33)59(79)90-68-43(70)13-14-44(68)71/h6-8,28,31-34,38,40-41,46,55,58,60,74,76,80H,9-27,29-30H2,1-5H3/t31-,32+,33?,34?,38-,40-,41?,46-,55+,58+,60-,61-/m0/s1. The molecule has 1 unspecified atom stereocenters. The Hall–Kier alpha value is -6.84. The topological polar surface area (TPSA) is 350 Å². The molecular weight excluding hydrogens is 1210 g/mol. The molecule has 11 rings (SSSR count). The van der Waals surface area contributed by atoms with Gasteiger partial charge in [0.2, 0.25) is 17.6 Å². The number of likely N-dealkylation sites (tertiary alicyclic amines) is 1. The van der Waals surface area contributed by atoms with Crippen LogP contribution in [0.15, 0.2) is 24.4 Å². The summed E-state index contributed by atoms with van der Waals surface area (Å²) in [7, 11) is 4.46. The van der Waals surface area contributed by atoms with Gasteiger partial charge in [0.25, 0.3) is 17.7 Å². The number of rotatable bonds is 25. The van der Waals surface area contributed by atoms with Crippen molar-refractivity contribution in [1.82, 2.24) is 34.8 Å². The van der Waals surface area contributed by atoms with Crippen molar-refractivity contribution in [3.8, 4) is 17.2 Å². The summed E-state index contributed by atoms with van der Waals surface area (Å²) in [5.41, 5.74) is -3.39. The normalized spacial score (nSPS) is 28.4. The van der Waals surface area contributed by atoms with E-state index in [0.717, 1.165) is 0 Å². The maximum atomic E-state index is 14.5. The number of thioether (sulfide) groups is 1. The second-order valence-electron chi connectivity index (χ2n) is 24.1. The van der Waals surface area contributed by atoms with Gasteiger partial charge in [-0.05, 0) is 51.5 Å². The highest BCUT2D eigenvalue weighted by atomic mass is 32.2. The van der Waals surface area contributed by atoms with Crippen molar-refractivity contribution in [2.24, 2.45) is 11.8 Å². The summed E-state index contributed by atoms with van der Waals surface area (Å²) in [6.45, 7) is 4.87. The first-order valence-electron chi connectivity index (χ1n) is 30.6. The minimum absolute atomic E-state index is 0.0142. The molecule has 492 valence electrons. The molecule has 5 aliphatic heterocycles. The summed E-state index contributed by atoms with van der Waals surface area (Å²) in [6.07, 6.45) is -2.54. The molecule has 30 heteroatoms. The number of nitrogens with zero attached hydrogens (tertiary/aromatic N) is 7. The summed E-state index contributed by atoms with van der Waals surface area (Å²) in [6, 6.07) is 4.17. The predicted molar refractivity (Wildman–Crippen MR) is 310 cm³/mol. The number of hydrogen-bond acceptors (Lipinski definition) is 26. The molecule has 6 heterocycles. The van der Waals surface area contributed by atoms with Gasteiger partial charge < -0.3 is 67.7 Å². The largest absolute Gasteiger partial charge is 0.507 e. The Balaban J connectivity index is 0.626. The lowest BCUT2D eigenvalue weighted by atomic mass is 9.71. The van der Waals surface area contributed by atoms with Gasteiger partial charge in [-0.15, -0.1) is 21.9 Å². The Morgan fingerprint density at radius 2 is 1.67 bits per heavy atom. The number of fused-ring (bicyclic) bond motifs is 6. The van der Waals surface area contributed by atoms with Crippen LogP contribution in [0.5, 0.6) is 17.2 Å². The number of methoxy groups -OCH3 is 2. The lowest BCUT2D eigenvalue weighted by Gasteiger charge is -2.43. The third kappa shape index (κ3) is 13.4. The van der Waals surface area contributed by atoms with Gasteiger partial charge in [0.15, 0.2) is 30.4 Å². The van der Waals surface area contributed by atoms with E-state index < -0.39 is 137 Å². The van der Waals surface area contributed by atoms with Gasteiger partial charge >= 0.3 is 5.97 Å². The van der Waals surface area contributed by atoms with E-state index >= 15 is 0 Å². The zero-order valence-corrected chi connectivity index (χ0v) is 52.0. The van der Waals surface area contributed by atoms with Crippen LogP contribution in [-0.2, 0) is 95.9 Å². The molecule has 29 nitrogen and oxygen atoms in total. The fourth-order valence-corrected chi connectivity index (χ4v) is 14.5. The Morgan fingerprint density at radius 1 is 0.912 bits per heavy atom. The molecule has 0 radical (unpaired) electrons. The lowest BCUT2D eigenvalue weighted by Crippen LogP contribution is -2.55. The number of ether oxygens (including phenoxy) is 9. The average Bonchev–Trinajstić information content (AvgIpc) is 1.38. The van der Waals surface area contributed by atoms with Crippen molar-refractivity contribution in [2.75, 3.05) is 79.7 Å². The summed E-state index contributed by atoms with van der Waals surface area (Å²) < 4.78 is 54.6. The van der Waals surface area contributed by atoms with Crippen LogP contribution in [0.4, 0.5) is 0 Å². The molecule has 1 aromatic heterocycles. The Morgan fingerprint density at radius 3 is 2.42 bits per heavy atom. The summed E-state index contributed by atoms with van der Waals surface area (Å²) in [5.74, 6) is -6.15. The van der Waals surface area contributed by atoms with Crippen LogP contribution in [-0.4, -0.2) is 237 Å². The molecule has 3 aromatic rings. The molecule has 0 bridgehead atoms. The first kappa shape index (κ1) is 65.6. The quantitative estimate of drug-likeness (QED) is 0.0483. The third-order valence-corrected chi connectivity index (χ3v) is 19.5. The number of aliphatic hydroxyl groups is 1. The van der Waals surface area contributed by atoms with E-state index in [2.05, 4.69) is 15.2 Å². The summed E-state index contributed by atoms with van der Waals surface area (Å²) in [4.78, 5) is 128. The number of phenolic OH excluding ortho intramolecular Hbond substituents is 2. The SMILES string of the molecule is COc1cccc2c1C(=O)c1c(O)c3c(c(O)c1C2=O)C[C@@](O)(C(=O)Cn1cc(COCCN(C)C(=O)[C@@H](C)OCCOCCSC2CC(=O)N(CC4CCC(C(=O)ON5C(=O)CCC5=O)CC4)C2=O)nn1)C[C@@H]3O[C@H]1C[C@H]2[C@H](O[C@@H]3[C@@H](OC)OCCN32)[C@H](C)O1. The molecule has 5 amide bonds. The highest BCUT2D eigenvalue weighted by Gasteiger charge is 2.56. The van der Waals surface area contributed by atoms with Crippen molar-refractivity contribution in [3.05, 3.63) is 63.5 Å². The molecule has 8 aliphatic rings. The van der Waals surface area contributed by atoms with E-state index in [4.69, 9.17) is 47.5 Å².